The number of benzene rings is 2. The summed E-state index contributed by atoms with van der Waals surface area (Å²) in [4.78, 5) is 0. The summed E-state index contributed by atoms with van der Waals surface area (Å²) in [5.41, 5.74) is 5.94. The van der Waals surface area contributed by atoms with Crippen molar-refractivity contribution in [3.05, 3.63) is 70.8 Å². The van der Waals surface area contributed by atoms with Crippen molar-refractivity contribution in [2.45, 2.75) is 70.3 Å². The van der Waals surface area contributed by atoms with Gasteiger partial charge in [-0.15, -0.1) is 0 Å². The van der Waals surface area contributed by atoms with Crippen molar-refractivity contribution in [3.8, 4) is 0 Å². The van der Waals surface area contributed by atoms with Crippen LogP contribution >= 0.6 is 0 Å². The van der Waals surface area contributed by atoms with Gasteiger partial charge in [0.25, 0.3) is 0 Å². The van der Waals surface area contributed by atoms with E-state index in [4.69, 9.17) is 0 Å². The second-order valence-electron chi connectivity index (χ2n) is 8.06. The van der Waals surface area contributed by atoms with E-state index in [-0.39, 0.29) is 0 Å². The van der Waals surface area contributed by atoms with Crippen LogP contribution in [-0.2, 0) is 12.8 Å². The van der Waals surface area contributed by atoms with Gasteiger partial charge in [0, 0.05) is 10.2 Å². The monoisotopic (exact) mass is 350 g/mol. The predicted octanol–water partition coefficient (Wildman–Crippen LogP) is 5.62. The van der Waals surface area contributed by atoms with Gasteiger partial charge in [-0.2, -0.15) is 0 Å². The molecular formula is C24H34Si. The molecule has 1 heteroatoms. The molecule has 2 aromatic rings. The van der Waals surface area contributed by atoms with Gasteiger partial charge in [-0.05, 0) is 74.0 Å². The Bertz CT molecular complexity index is 618. The van der Waals surface area contributed by atoms with Crippen molar-refractivity contribution in [2.24, 2.45) is 5.92 Å². The molecule has 0 radical (unpaired) electrons. The minimum absolute atomic E-state index is 0.833. The normalized spacial score (nSPS) is 20.7. The molecule has 1 saturated carbocycles. The summed E-state index contributed by atoms with van der Waals surface area (Å²) in [7, 11) is 1.38. The molecule has 0 aromatic heterocycles. The molecule has 0 N–H and O–H groups in total. The van der Waals surface area contributed by atoms with E-state index in [2.05, 4.69) is 55.5 Å². The summed E-state index contributed by atoms with van der Waals surface area (Å²) in [6.45, 7) is 2.16. The van der Waals surface area contributed by atoms with Crippen LogP contribution in [0.4, 0.5) is 0 Å². The van der Waals surface area contributed by atoms with Crippen LogP contribution in [0.2, 0.25) is 6.04 Å². The molecule has 1 aliphatic rings. The highest BCUT2D eigenvalue weighted by Gasteiger charge is 2.20. The first-order valence-corrected chi connectivity index (χ1v) is 11.8. The Morgan fingerprint density at radius 1 is 0.760 bits per heavy atom. The topological polar surface area (TPSA) is 0 Å². The number of unbranched alkanes of at least 4 members (excludes halogenated alkanes) is 1. The summed E-state index contributed by atoms with van der Waals surface area (Å²) < 4.78 is 0. The lowest BCUT2D eigenvalue weighted by Crippen LogP contribution is -2.12. The van der Waals surface area contributed by atoms with Gasteiger partial charge in [-0.25, -0.2) is 0 Å². The minimum Gasteiger partial charge on any atom is -0.0631 e. The van der Waals surface area contributed by atoms with Gasteiger partial charge in [0.15, 0.2) is 0 Å². The maximum absolute atomic E-state index is 2.42. The molecule has 0 unspecified atom stereocenters. The number of aryl methyl sites for hydroxylation is 3. The molecule has 0 nitrogen and oxygen atoms in total. The zero-order valence-corrected chi connectivity index (χ0v) is 18.1. The minimum atomic E-state index is 0.833. The Morgan fingerprint density at radius 3 is 1.80 bits per heavy atom. The number of rotatable bonds is 7. The van der Waals surface area contributed by atoms with E-state index in [0.29, 0.717) is 0 Å². The predicted molar refractivity (Wildman–Crippen MR) is 114 cm³/mol. The molecule has 25 heavy (non-hydrogen) atoms. The van der Waals surface area contributed by atoms with Crippen molar-refractivity contribution in [1.82, 2.24) is 0 Å². The SMILES string of the molecule is Cc1ccc(CCCCc2ccc(C3CCC(C[SiH3])CC3)cc2)cc1. The van der Waals surface area contributed by atoms with Crippen LogP contribution in [0.3, 0.4) is 0 Å². The fraction of sp³-hybridized carbons (Fsp3) is 0.500. The quantitative estimate of drug-likeness (QED) is 0.449. The second-order valence-corrected chi connectivity index (χ2v) is 8.88. The summed E-state index contributed by atoms with van der Waals surface area (Å²) in [6, 6.07) is 20.1. The third kappa shape index (κ3) is 5.57. The highest BCUT2D eigenvalue weighted by Crippen LogP contribution is 2.36. The first-order valence-electron chi connectivity index (χ1n) is 10.4. The highest BCUT2D eigenvalue weighted by atomic mass is 28.1. The average Bonchev–Trinajstić information content (AvgIpc) is 2.67. The Morgan fingerprint density at radius 2 is 1.28 bits per heavy atom. The van der Waals surface area contributed by atoms with E-state index < -0.39 is 0 Å². The van der Waals surface area contributed by atoms with Gasteiger partial charge in [0.1, 0.15) is 0 Å². The van der Waals surface area contributed by atoms with Gasteiger partial charge < -0.3 is 0 Å². The Hall–Kier alpha value is -1.34. The van der Waals surface area contributed by atoms with Gasteiger partial charge in [0.05, 0.1) is 0 Å². The van der Waals surface area contributed by atoms with Crippen LogP contribution in [0, 0.1) is 12.8 Å². The Kier molecular flexibility index (Phi) is 6.92. The number of hydrogen-bond acceptors (Lipinski definition) is 0. The van der Waals surface area contributed by atoms with E-state index in [0.717, 1.165) is 11.8 Å². The smallest absolute Gasteiger partial charge is 0.00314 e. The summed E-state index contributed by atoms with van der Waals surface area (Å²) in [6.07, 6.45) is 10.8. The molecule has 0 atom stereocenters. The highest BCUT2D eigenvalue weighted by molar-refractivity contribution is 6.08. The molecule has 0 amide bonds. The molecule has 1 fully saturated rings. The molecule has 0 heterocycles. The van der Waals surface area contributed by atoms with Crippen LogP contribution in [0.15, 0.2) is 48.5 Å². The van der Waals surface area contributed by atoms with Crippen LogP contribution in [0.5, 0.6) is 0 Å². The fourth-order valence-corrected chi connectivity index (χ4v) is 5.09. The molecule has 0 aliphatic heterocycles. The molecule has 0 spiro atoms. The van der Waals surface area contributed by atoms with Crippen molar-refractivity contribution >= 4 is 10.2 Å². The van der Waals surface area contributed by atoms with Crippen LogP contribution in [-0.4, -0.2) is 10.2 Å². The lowest BCUT2D eigenvalue weighted by molar-refractivity contribution is 0.348. The first-order chi connectivity index (χ1) is 12.2. The van der Waals surface area contributed by atoms with Crippen LogP contribution < -0.4 is 0 Å². The van der Waals surface area contributed by atoms with Crippen LogP contribution in [0.1, 0.15) is 66.7 Å². The fourth-order valence-electron chi connectivity index (χ4n) is 4.27. The van der Waals surface area contributed by atoms with E-state index in [1.54, 1.807) is 5.56 Å². The largest absolute Gasteiger partial charge is 0.0631 e. The van der Waals surface area contributed by atoms with Gasteiger partial charge in [0.2, 0.25) is 0 Å². The Labute approximate surface area is 157 Å². The lowest BCUT2D eigenvalue weighted by Gasteiger charge is -2.28. The van der Waals surface area contributed by atoms with E-state index in [1.807, 2.05) is 0 Å². The third-order valence-corrected chi connectivity index (χ3v) is 7.33. The zero-order chi connectivity index (χ0) is 17.5. The zero-order valence-electron chi connectivity index (χ0n) is 16.1. The van der Waals surface area contributed by atoms with E-state index in [1.165, 1.54) is 84.3 Å². The van der Waals surface area contributed by atoms with E-state index >= 15 is 0 Å². The maximum atomic E-state index is 2.42. The van der Waals surface area contributed by atoms with Crippen molar-refractivity contribution in [1.29, 1.82) is 0 Å². The van der Waals surface area contributed by atoms with Gasteiger partial charge in [-0.1, -0.05) is 73.0 Å². The third-order valence-electron chi connectivity index (χ3n) is 6.18. The lowest BCUT2D eigenvalue weighted by atomic mass is 9.79. The summed E-state index contributed by atoms with van der Waals surface area (Å²) in [5.74, 6) is 1.88. The first kappa shape index (κ1) is 18.4. The standard InChI is InChI=1S/C24H34Si/c1-19-6-8-20(9-7-19)4-2-3-5-21-10-14-23(15-11-21)24-16-12-22(18-25)13-17-24/h6-11,14-15,22,24H,2-5,12-13,16-18H2,1,25H3. The molecule has 134 valence electrons. The van der Waals surface area contributed by atoms with Crippen molar-refractivity contribution < 1.29 is 0 Å². The van der Waals surface area contributed by atoms with Crippen molar-refractivity contribution in [2.75, 3.05) is 0 Å². The van der Waals surface area contributed by atoms with Crippen LogP contribution in [0.25, 0.3) is 0 Å². The van der Waals surface area contributed by atoms with Crippen molar-refractivity contribution in [3.63, 3.8) is 0 Å². The molecule has 1 aliphatic carbocycles. The molecule has 0 saturated heterocycles. The summed E-state index contributed by atoms with van der Waals surface area (Å²) >= 11 is 0. The average molecular weight is 351 g/mol. The van der Waals surface area contributed by atoms with Gasteiger partial charge in [-0.3, -0.25) is 0 Å². The number of hydrogen-bond donors (Lipinski definition) is 0. The maximum Gasteiger partial charge on any atom is 0.00314 e. The molecule has 3 rings (SSSR count). The molecule has 2 aromatic carbocycles. The Balaban J connectivity index is 1.41. The second kappa shape index (κ2) is 9.38. The molecule has 0 bridgehead atoms. The van der Waals surface area contributed by atoms with E-state index in [9.17, 15) is 0 Å². The summed E-state index contributed by atoms with van der Waals surface area (Å²) in [5, 5.41) is 0. The van der Waals surface area contributed by atoms with Gasteiger partial charge >= 0.3 is 0 Å². The molecular weight excluding hydrogens is 316 g/mol.